The maximum atomic E-state index is 11.6. The molecule has 14 N–H and O–H groups in total. The first-order chi connectivity index (χ1) is 39.5. The van der Waals surface area contributed by atoms with E-state index in [1.54, 1.807) is 48.5 Å². The van der Waals surface area contributed by atoms with Gasteiger partial charge in [-0.1, -0.05) is 152 Å². The van der Waals surface area contributed by atoms with E-state index in [0.29, 0.717) is 13.2 Å². The highest BCUT2D eigenvalue weighted by molar-refractivity contribution is 7.86. The van der Waals surface area contributed by atoms with Crippen molar-refractivity contribution in [2.45, 2.75) is 165 Å². The highest BCUT2D eigenvalue weighted by Gasteiger charge is 2.24. The predicted octanol–water partition coefficient (Wildman–Crippen LogP) is 5.95. The van der Waals surface area contributed by atoms with E-state index in [9.17, 15) is 52.8 Å². The van der Waals surface area contributed by atoms with Gasteiger partial charge in [0.25, 0.3) is 40.5 Å². The fourth-order valence-corrected chi connectivity index (χ4v) is 7.80. The second-order valence-corrected chi connectivity index (χ2v) is 26.9. The van der Waals surface area contributed by atoms with Crippen molar-refractivity contribution in [3.05, 3.63) is 119 Å². The van der Waals surface area contributed by atoms with Crippen molar-refractivity contribution < 1.29 is 101 Å². The average molecular weight is 1300 g/mol. The van der Waals surface area contributed by atoms with Gasteiger partial charge in [0.1, 0.15) is 25.3 Å². The summed E-state index contributed by atoms with van der Waals surface area (Å²) in [5, 5.41) is 0. The largest absolute Gasteiger partial charge is 0.465 e. The Labute approximate surface area is 509 Å². The Morgan fingerprint density at radius 3 is 0.733 bits per heavy atom. The fourth-order valence-electron chi connectivity index (χ4n) is 5.88. The number of hydrogen-bond donors (Lipinski definition) is 8. The van der Waals surface area contributed by atoms with Crippen molar-refractivity contribution in [1.82, 2.24) is 0 Å². The van der Waals surface area contributed by atoms with Crippen molar-refractivity contribution in [1.29, 1.82) is 0 Å². The van der Waals surface area contributed by atoms with Gasteiger partial charge in [-0.25, -0.2) is 9.59 Å². The Bertz CT molecular complexity index is 2710. The van der Waals surface area contributed by atoms with E-state index in [1.807, 2.05) is 83.1 Å². The molecular weight excluding hydrogens is 1200 g/mol. The summed E-state index contributed by atoms with van der Waals surface area (Å²) in [7, 11) is -16.1. The van der Waals surface area contributed by atoms with E-state index in [2.05, 4.69) is 11.5 Å². The highest BCUT2D eigenvalue weighted by atomic mass is 32.2. The summed E-state index contributed by atoms with van der Waals surface area (Å²) in [4.78, 5) is 45.7. The summed E-state index contributed by atoms with van der Waals surface area (Å²) in [6.45, 7) is 23.5. The lowest BCUT2D eigenvalue weighted by Crippen LogP contribution is -2.67. The van der Waals surface area contributed by atoms with Crippen LogP contribution in [0, 0.1) is 51.4 Å². The fraction of sp³-hybridized carbons (Fsp3) is 0.517. The summed E-state index contributed by atoms with van der Waals surface area (Å²) in [6.07, 6.45) is 5.99. The van der Waals surface area contributed by atoms with E-state index >= 15 is 0 Å². The number of quaternary nitrogens is 2. The zero-order valence-electron chi connectivity index (χ0n) is 51.5. The Morgan fingerprint density at radius 2 is 0.535 bits per heavy atom. The second-order valence-electron chi connectivity index (χ2n) is 21.2. The summed E-state index contributed by atoms with van der Waals surface area (Å²) < 4.78 is 138. The topological polar surface area (TPSA) is 430 Å². The molecule has 4 unspecified atom stereocenters. The molecule has 4 atom stereocenters. The number of benzene rings is 4. The molecule has 0 aromatic heterocycles. The lowest BCUT2D eigenvalue weighted by molar-refractivity contribution is -0.418. The van der Waals surface area contributed by atoms with Gasteiger partial charge in [-0.3, -0.25) is 27.8 Å². The van der Waals surface area contributed by atoms with E-state index < -0.39 is 64.6 Å². The lowest BCUT2D eigenvalue weighted by Gasteiger charge is -2.15. The minimum atomic E-state index is -4.02. The van der Waals surface area contributed by atoms with Crippen molar-refractivity contribution in [2.75, 3.05) is 26.4 Å². The van der Waals surface area contributed by atoms with Gasteiger partial charge < -0.3 is 41.9 Å². The monoisotopic (exact) mass is 1290 g/mol. The van der Waals surface area contributed by atoms with Crippen molar-refractivity contribution >= 4 is 64.3 Å². The molecule has 0 aliphatic carbocycles. The number of rotatable bonds is 24. The van der Waals surface area contributed by atoms with Gasteiger partial charge in [0, 0.05) is 11.8 Å². The number of carbonyl (C=O) groups is 4. The van der Waals surface area contributed by atoms with Crippen LogP contribution in [0.3, 0.4) is 0 Å². The summed E-state index contributed by atoms with van der Waals surface area (Å²) >= 11 is 0. The van der Waals surface area contributed by atoms with Crippen molar-refractivity contribution in [2.24, 2.45) is 35.1 Å². The van der Waals surface area contributed by atoms with Crippen LogP contribution >= 0.6 is 0 Å². The van der Waals surface area contributed by atoms with Gasteiger partial charge in [-0.2, -0.15) is 33.7 Å². The number of hydrogen-bond acceptors (Lipinski definition) is 18. The van der Waals surface area contributed by atoms with Gasteiger partial charge in [0.15, 0.2) is 12.1 Å². The molecule has 28 heteroatoms. The third-order valence-corrected chi connectivity index (χ3v) is 15.5. The summed E-state index contributed by atoms with van der Waals surface area (Å²) in [5.41, 5.74) is 22.6. The number of aryl methyl sites for hydroxylation is 4. The molecule has 0 spiro atoms. The number of unbranched alkanes of at least 4 members (excludes halogenated alkanes) is 5. The normalized spacial score (nSPS) is 12.7. The zero-order chi connectivity index (χ0) is 66.8. The molecule has 0 radical (unpaired) electrons. The maximum absolute atomic E-state index is 11.6. The van der Waals surface area contributed by atoms with Crippen LogP contribution in [0.25, 0.3) is 0 Å². The van der Waals surface area contributed by atoms with E-state index in [4.69, 9.17) is 48.6 Å². The van der Waals surface area contributed by atoms with E-state index in [1.165, 1.54) is 48.5 Å². The van der Waals surface area contributed by atoms with Crippen LogP contribution < -0.4 is 22.9 Å². The van der Waals surface area contributed by atoms with Crippen LogP contribution in [0.15, 0.2) is 117 Å². The molecule has 0 bridgehead atoms. The number of ether oxygens (including phenoxy) is 4. The number of nitrogens with two attached hydrogens (primary N) is 2. The van der Waals surface area contributed by atoms with Crippen LogP contribution in [0.2, 0.25) is 0 Å². The Morgan fingerprint density at radius 1 is 0.349 bits per heavy atom. The molecule has 0 amide bonds. The van der Waals surface area contributed by atoms with Crippen molar-refractivity contribution in [3.8, 4) is 0 Å². The average Bonchev–Trinajstić information content (AvgIpc) is 3.62. The third-order valence-electron chi connectivity index (χ3n) is 12.1. The molecule has 4 aromatic rings. The Kier molecular flexibility index (Phi) is 39.6. The molecule has 0 heterocycles. The molecule has 0 aliphatic rings. The lowest BCUT2D eigenvalue weighted by atomic mass is 10.1. The van der Waals surface area contributed by atoms with Crippen LogP contribution in [0.5, 0.6) is 0 Å². The molecular formula is C58H94N4O20S4+2. The Hall–Kier alpha value is -5.76. The molecule has 0 fully saturated rings. The molecule has 86 heavy (non-hydrogen) atoms. The molecule has 4 rings (SSSR count). The first-order valence-corrected chi connectivity index (χ1v) is 33.3. The van der Waals surface area contributed by atoms with Crippen LogP contribution in [-0.2, 0) is 78.6 Å². The number of carbonyl (C=O) groups excluding carboxylic acids is 4. The quantitative estimate of drug-likeness (QED) is 0.0174. The van der Waals surface area contributed by atoms with E-state index in [0.717, 1.165) is 60.8 Å². The Balaban J connectivity index is 0. The SMILES string of the molecule is CC(C)C(N)C(=O)OCCCCCCCCOC(=O)C([NH3+])C(C)C.CC(C)C(N)C(=O)OCCOC(=O)C([NH3+])C(C)C.Cc1ccc(S(=O)(=O)O)cc1.Cc1ccc(S(=O)(=O)O)cc1.Cc1ccc(S(=O)(=O)O)cc1.Cc1ccc(S(=O)(=O)O)cc1. The van der Waals surface area contributed by atoms with Crippen LogP contribution in [-0.4, -0.2) is 126 Å². The second kappa shape index (κ2) is 41.4. The van der Waals surface area contributed by atoms with E-state index in [-0.39, 0.29) is 80.4 Å². The smallest absolute Gasteiger partial charge is 0.365 e. The minimum Gasteiger partial charge on any atom is -0.465 e. The minimum absolute atomic E-state index is 0.0187. The van der Waals surface area contributed by atoms with Crippen molar-refractivity contribution in [3.63, 3.8) is 0 Å². The molecule has 4 aromatic carbocycles. The first-order valence-electron chi connectivity index (χ1n) is 27.5. The number of esters is 4. The standard InChI is InChI=1S/C18H36N2O4.C12H24N2O4.4C7H8O3S/c1-13(2)15(19)17(21)23-11-9-7-5-6-8-10-12-24-18(22)16(20)14(3)4;1-7(2)9(13)11(15)17-5-6-18-12(16)10(14)8(3)4;4*1-6-2-4-7(5-3-6)11(8,9)10/h13-16H,5-12,19-20H2,1-4H3;7-10H,5-6,13-14H2,1-4H3;4*2-5H,1H3,(H,8,9,10)/p+2. The predicted molar refractivity (Wildman–Crippen MR) is 324 cm³/mol. The van der Waals surface area contributed by atoms with Gasteiger partial charge in [0.05, 0.1) is 32.8 Å². The molecule has 24 nitrogen and oxygen atoms in total. The molecule has 0 aliphatic heterocycles. The third kappa shape index (κ3) is 38.4. The zero-order valence-corrected chi connectivity index (χ0v) is 54.7. The van der Waals surface area contributed by atoms with Gasteiger partial charge in [-0.05, 0) is 101 Å². The summed E-state index contributed by atoms with van der Waals surface area (Å²) in [5.74, 6) is -0.916. The van der Waals surface area contributed by atoms with Crippen LogP contribution in [0.1, 0.15) is 116 Å². The maximum Gasteiger partial charge on any atom is 0.365 e. The summed E-state index contributed by atoms with van der Waals surface area (Å²) in [6, 6.07) is 22.1. The molecule has 0 saturated heterocycles. The van der Waals surface area contributed by atoms with Gasteiger partial charge in [-0.15, -0.1) is 0 Å². The highest BCUT2D eigenvalue weighted by Crippen LogP contribution is 2.13. The molecule has 0 saturated carbocycles. The van der Waals surface area contributed by atoms with Gasteiger partial charge in [0.2, 0.25) is 0 Å². The first kappa shape index (κ1) is 82.3. The van der Waals surface area contributed by atoms with Gasteiger partial charge >= 0.3 is 23.9 Å². The van der Waals surface area contributed by atoms with Crippen LogP contribution in [0.4, 0.5) is 0 Å². The molecule has 488 valence electrons.